The van der Waals surface area contributed by atoms with Gasteiger partial charge in [-0.3, -0.25) is 9.59 Å². The maximum atomic E-state index is 12.4. The van der Waals surface area contributed by atoms with E-state index in [1.165, 1.54) is 25.7 Å². The van der Waals surface area contributed by atoms with Crippen LogP contribution in [0.3, 0.4) is 0 Å². The van der Waals surface area contributed by atoms with Crippen molar-refractivity contribution < 1.29 is 9.59 Å². The van der Waals surface area contributed by atoms with Crippen LogP contribution in [0.25, 0.3) is 0 Å². The average molecular weight is 288 g/mol. The number of ketones is 1. The highest BCUT2D eigenvalue weighted by Gasteiger charge is 2.43. The van der Waals surface area contributed by atoms with Crippen LogP contribution in [0, 0.1) is 35.0 Å². The molecular formula is C17H24N2O2. The van der Waals surface area contributed by atoms with Gasteiger partial charge in [0.05, 0.1) is 6.07 Å². The molecule has 0 radical (unpaired) electrons. The molecule has 3 rings (SSSR count). The Hall–Kier alpha value is -1.37. The second-order valence-corrected chi connectivity index (χ2v) is 7.06. The molecule has 3 aliphatic rings. The number of hydrogen-bond donors (Lipinski definition) is 1. The Kier molecular flexibility index (Phi) is 4.28. The van der Waals surface area contributed by atoms with Crippen LogP contribution in [-0.2, 0) is 9.59 Å². The van der Waals surface area contributed by atoms with E-state index in [4.69, 9.17) is 0 Å². The zero-order valence-electron chi connectivity index (χ0n) is 12.5. The third-order valence-corrected chi connectivity index (χ3v) is 5.31. The largest absolute Gasteiger partial charge is 0.352 e. The third kappa shape index (κ3) is 3.64. The first-order valence-electron chi connectivity index (χ1n) is 8.41. The lowest BCUT2D eigenvalue weighted by Gasteiger charge is -2.18. The number of carbonyl (C=O) groups is 2. The molecule has 0 spiro atoms. The van der Waals surface area contributed by atoms with E-state index in [0.29, 0.717) is 24.2 Å². The Bertz CT molecular complexity index is 442. The highest BCUT2D eigenvalue weighted by atomic mass is 16.2. The van der Waals surface area contributed by atoms with Gasteiger partial charge in [-0.05, 0) is 56.3 Å². The lowest BCUT2D eigenvalue weighted by Crippen LogP contribution is -2.40. The molecule has 114 valence electrons. The van der Waals surface area contributed by atoms with Crippen LogP contribution < -0.4 is 5.32 Å². The summed E-state index contributed by atoms with van der Waals surface area (Å²) in [6.07, 6.45) is 9.53. The Morgan fingerprint density at radius 2 is 1.62 bits per heavy atom. The monoisotopic (exact) mass is 288 g/mol. The molecular weight excluding hydrogens is 264 g/mol. The molecule has 3 aliphatic carbocycles. The predicted octanol–water partition coefficient (Wildman–Crippen LogP) is 2.58. The molecule has 0 bridgehead atoms. The van der Waals surface area contributed by atoms with Crippen LogP contribution >= 0.6 is 0 Å². The standard InChI is InChI=1S/C17H24N2O2/c18-10-15(17(21)19-13-3-1-2-4-13)16(20)9-14(11-5-6-11)12-7-8-12/h11-15H,1-9H2,(H,19,21). The number of nitriles is 1. The lowest BCUT2D eigenvalue weighted by molar-refractivity contribution is -0.132. The molecule has 0 aromatic heterocycles. The Balaban J connectivity index is 1.55. The molecule has 1 atom stereocenters. The molecule has 21 heavy (non-hydrogen) atoms. The van der Waals surface area contributed by atoms with Crippen molar-refractivity contribution in [3.8, 4) is 6.07 Å². The summed E-state index contributed by atoms with van der Waals surface area (Å²) in [5.41, 5.74) is 0. The smallest absolute Gasteiger partial charge is 0.245 e. The van der Waals surface area contributed by atoms with E-state index < -0.39 is 5.92 Å². The van der Waals surface area contributed by atoms with Crippen molar-refractivity contribution in [3.63, 3.8) is 0 Å². The predicted molar refractivity (Wildman–Crippen MR) is 78.1 cm³/mol. The second kappa shape index (κ2) is 6.17. The molecule has 1 N–H and O–H groups in total. The van der Waals surface area contributed by atoms with Crippen LogP contribution in [0.15, 0.2) is 0 Å². The quantitative estimate of drug-likeness (QED) is 0.732. The van der Waals surface area contributed by atoms with Crippen LogP contribution in [0.1, 0.15) is 57.8 Å². The maximum absolute atomic E-state index is 12.4. The molecule has 1 unspecified atom stereocenters. The van der Waals surface area contributed by atoms with E-state index in [-0.39, 0.29) is 17.7 Å². The first-order valence-corrected chi connectivity index (χ1v) is 8.41. The van der Waals surface area contributed by atoms with Crippen molar-refractivity contribution in [2.75, 3.05) is 0 Å². The fourth-order valence-electron chi connectivity index (χ4n) is 3.75. The summed E-state index contributed by atoms with van der Waals surface area (Å²) in [6.45, 7) is 0. The second-order valence-electron chi connectivity index (χ2n) is 7.06. The van der Waals surface area contributed by atoms with E-state index in [2.05, 4.69) is 5.32 Å². The number of hydrogen-bond acceptors (Lipinski definition) is 3. The Morgan fingerprint density at radius 1 is 1.05 bits per heavy atom. The molecule has 0 heterocycles. The van der Waals surface area contributed by atoms with Crippen molar-refractivity contribution in [2.45, 2.75) is 63.8 Å². The van der Waals surface area contributed by atoms with E-state index in [9.17, 15) is 14.9 Å². The van der Waals surface area contributed by atoms with Gasteiger partial charge >= 0.3 is 0 Å². The topological polar surface area (TPSA) is 70.0 Å². The highest BCUT2D eigenvalue weighted by Crippen LogP contribution is 2.50. The molecule has 0 aromatic rings. The molecule has 0 saturated heterocycles. The van der Waals surface area contributed by atoms with Gasteiger partial charge in [-0.15, -0.1) is 0 Å². The van der Waals surface area contributed by atoms with Gasteiger partial charge in [-0.1, -0.05) is 12.8 Å². The van der Waals surface area contributed by atoms with E-state index >= 15 is 0 Å². The molecule has 0 aliphatic heterocycles. The van der Waals surface area contributed by atoms with Crippen LogP contribution in [0.5, 0.6) is 0 Å². The molecule has 1 amide bonds. The summed E-state index contributed by atoms with van der Waals surface area (Å²) >= 11 is 0. The molecule has 4 nitrogen and oxygen atoms in total. The summed E-state index contributed by atoms with van der Waals surface area (Å²) < 4.78 is 0. The van der Waals surface area contributed by atoms with Gasteiger partial charge in [-0.2, -0.15) is 5.26 Å². The van der Waals surface area contributed by atoms with Crippen LogP contribution in [0.2, 0.25) is 0 Å². The summed E-state index contributed by atoms with van der Waals surface area (Å²) in [5, 5.41) is 12.1. The van der Waals surface area contributed by atoms with Crippen molar-refractivity contribution in [1.29, 1.82) is 5.26 Å². The van der Waals surface area contributed by atoms with Crippen molar-refractivity contribution in [2.24, 2.45) is 23.7 Å². The van der Waals surface area contributed by atoms with Gasteiger partial charge in [0.15, 0.2) is 11.7 Å². The van der Waals surface area contributed by atoms with Crippen LogP contribution in [0.4, 0.5) is 0 Å². The summed E-state index contributed by atoms with van der Waals surface area (Å²) in [4.78, 5) is 24.6. The zero-order valence-corrected chi connectivity index (χ0v) is 12.5. The summed E-state index contributed by atoms with van der Waals surface area (Å²) in [7, 11) is 0. The number of Topliss-reactive ketones (excluding diaryl/α,β-unsaturated/α-hetero) is 1. The molecule has 0 aromatic carbocycles. The molecule has 4 heteroatoms. The SMILES string of the molecule is N#CC(C(=O)CC(C1CC1)C1CC1)C(=O)NC1CCCC1. The highest BCUT2D eigenvalue weighted by molar-refractivity contribution is 6.04. The third-order valence-electron chi connectivity index (χ3n) is 5.31. The lowest BCUT2D eigenvalue weighted by atomic mass is 9.88. The molecule has 3 saturated carbocycles. The van der Waals surface area contributed by atoms with E-state index in [0.717, 1.165) is 25.7 Å². The summed E-state index contributed by atoms with van der Waals surface area (Å²) in [6, 6.07) is 2.11. The van der Waals surface area contributed by atoms with Crippen molar-refractivity contribution in [1.82, 2.24) is 5.32 Å². The van der Waals surface area contributed by atoms with Gasteiger partial charge in [0.25, 0.3) is 0 Å². The van der Waals surface area contributed by atoms with Gasteiger partial charge in [0, 0.05) is 12.5 Å². The van der Waals surface area contributed by atoms with Gasteiger partial charge in [0.1, 0.15) is 0 Å². The minimum absolute atomic E-state index is 0.156. The van der Waals surface area contributed by atoms with Crippen molar-refractivity contribution >= 4 is 11.7 Å². The first kappa shape index (κ1) is 14.6. The number of nitrogens with zero attached hydrogens (tertiary/aromatic N) is 1. The number of rotatable bonds is 7. The summed E-state index contributed by atoms with van der Waals surface area (Å²) in [5.74, 6) is 0.187. The minimum atomic E-state index is -1.09. The normalized spacial score (nSPS) is 23.8. The Morgan fingerprint density at radius 3 is 2.10 bits per heavy atom. The van der Waals surface area contributed by atoms with Gasteiger partial charge < -0.3 is 5.32 Å². The van der Waals surface area contributed by atoms with Crippen molar-refractivity contribution in [3.05, 3.63) is 0 Å². The zero-order chi connectivity index (χ0) is 14.8. The van der Waals surface area contributed by atoms with Crippen LogP contribution in [-0.4, -0.2) is 17.7 Å². The molecule has 3 fully saturated rings. The fourth-order valence-corrected chi connectivity index (χ4v) is 3.75. The fraction of sp³-hybridized carbons (Fsp3) is 0.824. The average Bonchev–Trinajstić information content (AvgIpc) is 3.38. The number of nitrogens with one attached hydrogen (secondary N) is 1. The van der Waals surface area contributed by atoms with E-state index in [1.54, 1.807) is 0 Å². The van der Waals surface area contributed by atoms with E-state index in [1.807, 2.05) is 6.07 Å². The minimum Gasteiger partial charge on any atom is -0.352 e. The van der Waals surface area contributed by atoms with Gasteiger partial charge in [-0.25, -0.2) is 0 Å². The van der Waals surface area contributed by atoms with Gasteiger partial charge in [0.2, 0.25) is 5.91 Å². The Labute approximate surface area is 126 Å². The first-order chi connectivity index (χ1) is 10.2. The number of carbonyl (C=O) groups excluding carboxylic acids is 2. The maximum Gasteiger partial charge on any atom is 0.245 e. The number of amides is 1.